The molecule has 0 saturated carbocycles. The van der Waals surface area contributed by atoms with Crippen molar-refractivity contribution in [2.45, 2.75) is 49.9 Å². The number of amides is 1. The number of rotatable bonds is 14. The van der Waals surface area contributed by atoms with Gasteiger partial charge in [-0.15, -0.1) is 4.36 Å². The molecule has 0 bridgehead atoms. The van der Waals surface area contributed by atoms with Gasteiger partial charge in [-0.2, -0.15) is 0 Å². The number of nitro benzene ring substituents is 1. The number of carbonyl (C=O) groups excluding carboxylic acids is 1. The Balaban J connectivity index is 0.00000784. The van der Waals surface area contributed by atoms with Crippen LogP contribution in [-0.4, -0.2) is 64.1 Å². The molecule has 0 aliphatic carbocycles. The number of non-ortho nitro benzene ring substituents is 1. The third-order valence-electron chi connectivity index (χ3n) is 7.05. The molecule has 1 aromatic heterocycles. The summed E-state index contributed by atoms with van der Waals surface area (Å²) < 4.78 is 86.4. The van der Waals surface area contributed by atoms with Gasteiger partial charge >= 0.3 is 6.09 Å². The molecular weight excluding hydrogens is 778 g/mol. The zero-order chi connectivity index (χ0) is 39.1. The van der Waals surface area contributed by atoms with Gasteiger partial charge in [0.1, 0.15) is 22.9 Å². The molecule has 0 aliphatic heterocycles. The van der Waals surface area contributed by atoms with Crippen molar-refractivity contribution < 1.29 is 51.3 Å². The first-order valence-electron chi connectivity index (χ1n) is 15.6. The van der Waals surface area contributed by atoms with E-state index in [9.17, 15) is 36.8 Å². The Morgan fingerprint density at radius 2 is 1.76 bits per heavy atom. The molecule has 0 fully saturated rings. The van der Waals surface area contributed by atoms with Crippen molar-refractivity contribution in [1.29, 1.82) is 0 Å². The van der Waals surface area contributed by atoms with Crippen LogP contribution in [0.3, 0.4) is 0 Å². The summed E-state index contributed by atoms with van der Waals surface area (Å²) in [6.45, 7) is 4.36. The van der Waals surface area contributed by atoms with Gasteiger partial charge in [-0.25, -0.2) is 36.2 Å². The number of carbonyl (C=O) groups is 1. The molecule has 1 atom stereocenters. The standard InChI is InChI=1S/C33H33ClF2N6O9S2.H2O/c1-33(2,3)51-32(43)40-52(4,47)20-21-15-23(42(45)46)18-24(16-21)50-14-8-7-13-41(53(48,49)29-10-6-5-9-27(29)39-44)28-17-22(11-12-25(28)35)30-26(36)19-37-31(34)38-30;/h5-6,9-12,15-19H,7-8,13-14,20H2,1-4H3;1H2. The van der Waals surface area contributed by atoms with E-state index in [2.05, 4.69) is 14.3 Å². The van der Waals surface area contributed by atoms with Crippen molar-refractivity contribution in [3.8, 4) is 17.0 Å². The topological polar surface area (TPSA) is 232 Å². The average Bonchev–Trinajstić information content (AvgIpc) is 3.06. The van der Waals surface area contributed by atoms with Crippen LogP contribution >= 0.6 is 11.6 Å². The van der Waals surface area contributed by atoms with E-state index in [-0.39, 0.29) is 76.5 Å². The van der Waals surface area contributed by atoms with Crippen LogP contribution in [0.1, 0.15) is 39.2 Å². The van der Waals surface area contributed by atoms with Gasteiger partial charge in [0.25, 0.3) is 21.4 Å². The first-order chi connectivity index (χ1) is 24.8. The summed E-state index contributed by atoms with van der Waals surface area (Å²) in [6.07, 6.45) is 1.12. The lowest BCUT2D eigenvalue weighted by Gasteiger charge is -2.25. The van der Waals surface area contributed by atoms with Gasteiger partial charge < -0.3 is 14.9 Å². The minimum absolute atomic E-state index is 0. The van der Waals surface area contributed by atoms with Gasteiger partial charge in [-0.1, -0.05) is 12.1 Å². The molecule has 54 heavy (non-hydrogen) atoms. The van der Waals surface area contributed by atoms with Crippen LogP contribution < -0.4 is 14.2 Å². The molecular formula is C33H35ClF2N6O10S2. The highest BCUT2D eigenvalue weighted by molar-refractivity contribution is 7.93. The SMILES string of the molecule is CC(C)(C)OC(=O)N=S(C)(=O)Cc1cc(OCCCCN(c2cc(-c3nc(Cl)ncc3F)ccc2F)S(=O)(=O)c2ccccc2[NH+]=O)cc([N+](=O)[O-])c1.[OH-]. The molecule has 0 spiro atoms. The van der Waals surface area contributed by atoms with E-state index >= 15 is 4.39 Å². The number of benzene rings is 3. The zero-order valence-electron chi connectivity index (χ0n) is 29.2. The summed E-state index contributed by atoms with van der Waals surface area (Å²) in [5.74, 6) is -2.21. The highest BCUT2D eigenvalue weighted by atomic mass is 35.5. The monoisotopic (exact) mass is 812 g/mol. The molecule has 4 aromatic rings. The highest BCUT2D eigenvalue weighted by Crippen LogP contribution is 2.33. The Morgan fingerprint density at radius 1 is 1.06 bits per heavy atom. The van der Waals surface area contributed by atoms with Crippen molar-refractivity contribution in [3.05, 3.63) is 104 Å². The number of ether oxygens (including phenoxy) is 2. The van der Waals surface area contributed by atoms with Crippen molar-refractivity contribution in [3.63, 3.8) is 0 Å². The Labute approximate surface area is 314 Å². The minimum atomic E-state index is -4.64. The molecule has 0 saturated heterocycles. The number of unbranched alkanes of at least 4 members (excludes halogenated alkanes) is 1. The van der Waals surface area contributed by atoms with Crippen LogP contribution in [0.4, 0.5) is 30.6 Å². The fourth-order valence-corrected chi connectivity index (χ4v) is 7.89. The van der Waals surface area contributed by atoms with Gasteiger partial charge in [0.05, 0.1) is 45.0 Å². The molecule has 0 aliphatic rings. The van der Waals surface area contributed by atoms with Crippen molar-refractivity contribution >= 4 is 54.5 Å². The molecule has 290 valence electrons. The van der Waals surface area contributed by atoms with Crippen LogP contribution in [0.25, 0.3) is 11.3 Å². The molecule has 1 heterocycles. The van der Waals surface area contributed by atoms with Crippen LogP contribution in [0, 0.1) is 26.7 Å². The summed E-state index contributed by atoms with van der Waals surface area (Å²) in [6, 6.07) is 12.1. The molecule has 1 amide bonds. The second kappa shape index (κ2) is 17.8. The zero-order valence-corrected chi connectivity index (χ0v) is 31.6. The van der Waals surface area contributed by atoms with Crippen LogP contribution in [0.15, 0.2) is 76.1 Å². The first-order valence-corrected chi connectivity index (χ1v) is 19.5. The van der Waals surface area contributed by atoms with E-state index in [4.69, 9.17) is 21.1 Å². The maximum absolute atomic E-state index is 15.5. The maximum atomic E-state index is 15.5. The summed E-state index contributed by atoms with van der Waals surface area (Å²) >= 11 is 5.84. The van der Waals surface area contributed by atoms with Crippen LogP contribution in [0.5, 0.6) is 5.75 Å². The van der Waals surface area contributed by atoms with Gasteiger partial charge in [-0.05, 0) is 81.1 Å². The third kappa shape index (κ3) is 11.4. The van der Waals surface area contributed by atoms with Gasteiger partial charge in [-0.3, -0.25) is 14.4 Å². The Morgan fingerprint density at radius 3 is 2.43 bits per heavy atom. The van der Waals surface area contributed by atoms with Crippen LogP contribution in [-0.2, 0) is 30.2 Å². The number of nitroso groups, excluding NO2 is 1. The number of nitro groups is 1. The molecule has 16 nitrogen and oxygen atoms in total. The predicted octanol–water partition coefficient (Wildman–Crippen LogP) is 5.87. The van der Waals surface area contributed by atoms with E-state index in [1.54, 1.807) is 25.9 Å². The number of sulfonamides is 1. The fourth-order valence-electron chi connectivity index (χ4n) is 4.91. The van der Waals surface area contributed by atoms with E-state index in [0.29, 0.717) is 0 Å². The van der Waals surface area contributed by atoms with Crippen molar-refractivity contribution in [2.75, 3.05) is 23.7 Å². The third-order valence-corrected chi connectivity index (χ3v) is 10.5. The Hall–Kier alpha value is -5.18. The van der Waals surface area contributed by atoms with Crippen molar-refractivity contribution in [2.24, 2.45) is 4.36 Å². The van der Waals surface area contributed by atoms with Crippen LogP contribution in [0.2, 0.25) is 5.28 Å². The number of para-hydroxylation sites is 1. The summed E-state index contributed by atoms with van der Waals surface area (Å²) in [5, 5.41) is 12.9. The predicted molar refractivity (Wildman–Crippen MR) is 194 cm³/mol. The number of anilines is 1. The summed E-state index contributed by atoms with van der Waals surface area (Å²) in [5.41, 5.74) is -2.19. The fraction of sp³-hybridized carbons (Fsp3) is 0.303. The Bertz CT molecular complexity index is 2280. The largest absolute Gasteiger partial charge is 0.870 e. The smallest absolute Gasteiger partial charge is 0.442 e. The lowest BCUT2D eigenvalue weighted by molar-refractivity contribution is -0.385. The lowest BCUT2D eigenvalue weighted by atomic mass is 10.1. The number of hydrogen-bond acceptors (Lipinski definition) is 12. The second-order valence-corrected chi connectivity index (χ2v) is 17.1. The average molecular weight is 813 g/mol. The Kier molecular flexibility index (Phi) is 14.2. The molecule has 4 rings (SSSR count). The van der Waals surface area contributed by atoms with E-state index in [1.807, 2.05) is 0 Å². The first kappa shape index (κ1) is 43.2. The number of aromatic nitrogens is 2. The summed E-state index contributed by atoms with van der Waals surface area (Å²) in [7, 11) is -7.87. The number of nitrogens with zero attached hydrogens (tertiary/aromatic N) is 5. The van der Waals surface area contributed by atoms with Crippen molar-refractivity contribution in [1.82, 2.24) is 9.97 Å². The van der Waals surface area contributed by atoms with E-state index < -0.39 is 58.6 Å². The lowest BCUT2D eigenvalue weighted by Crippen LogP contribution is -2.57. The number of halogens is 3. The quantitative estimate of drug-likeness (QED) is 0.0681. The normalized spacial score (nSPS) is 12.5. The minimum Gasteiger partial charge on any atom is -0.870 e. The molecule has 0 radical (unpaired) electrons. The molecule has 1 unspecified atom stereocenters. The number of nitrogens with one attached hydrogen (secondary N) is 1. The van der Waals surface area contributed by atoms with Gasteiger partial charge in [0, 0.05) is 40.6 Å². The van der Waals surface area contributed by atoms with E-state index in [1.165, 1.54) is 42.7 Å². The van der Waals surface area contributed by atoms with Gasteiger partial charge in [0.2, 0.25) is 5.28 Å². The molecule has 3 aromatic carbocycles. The van der Waals surface area contributed by atoms with E-state index in [0.717, 1.165) is 34.8 Å². The van der Waals surface area contributed by atoms with Gasteiger partial charge in [0.15, 0.2) is 10.7 Å². The molecule has 21 heteroatoms. The highest BCUT2D eigenvalue weighted by Gasteiger charge is 2.32. The molecule has 2 N–H and O–H groups in total. The maximum Gasteiger partial charge on any atom is 0.442 e. The summed E-state index contributed by atoms with van der Waals surface area (Å²) in [4.78, 5) is 41.7. The number of hydrogen-bond donors (Lipinski definition) is 1. The second-order valence-electron chi connectivity index (χ2n) is 12.5.